The van der Waals surface area contributed by atoms with E-state index in [9.17, 15) is 9.59 Å². The SMILES string of the molecule is Cc1nn(CCC#N)c(C)c1CCC(=O)Nc1ccc(NC(=O)NC(C)C)cc1. The van der Waals surface area contributed by atoms with Crippen LogP contribution in [0.5, 0.6) is 0 Å². The molecule has 0 unspecified atom stereocenters. The van der Waals surface area contributed by atoms with Gasteiger partial charge in [0.1, 0.15) is 0 Å². The average molecular weight is 396 g/mol. The molecule has 0 atom stereocenters. The fourth-order valence-corrected chi connectivity index (χ4v) is 3.00. The second kappa shape index (κ2) is 10.3. The van der Waals surface area contributed by atoms with Crippen molar-refractivity contribution in [3.63, 3.8) is 0 Å². The minimum Gasteiger partial charge on any atom is -0.336 e. The standard InChI is InChI=1S/C21H28N6O2/c1-14(2)23-21(29)25-18-8-6-17(7-9-18)24-20(28)11-10-19-15(3)26-27(16(19)4)13-5-12-22/h6-9,14H,5,10-11,13H2,1-4H3,(H,24,28)(H2,23,25,29). The van der Waals surface area contributed by atoms with Gasteiger partial charge in [0, 0.05) is 29.5 Å². The summed E-state index contributed by atoms with van der Waals surface area (Å²) in [4.78, 5) is 24.0. The largest absolute Gasteiger partial charge is 0.336 e. The predicted octanol–water partition coefficient (Wildman–Crippen LogP) is 3.51. The molecule has 0 radical (unpaired) electrons. The summed E-state index contributed by atoms with van der Waals surface area (Å²) in [6.45, 7) is 8.22. The molecule has 0 saturated heterocycles. The number of benzene rings is 1. The number of aromatic nitrogens is 2. The molecule has 1 aromatic carbocycles. The molecule has 3 amide bonds. The summed E-state index contributed by atoms with van der Waals surface area (Å²) in [6, 6.07) is 8.89. The number of rotatable bonds is 8. The lowest BCUT2D eigenvalue weighted by Gasteiger charge is -2.11. The molecule has 154 valence electrons. The molecule has 29 heavy (non-hydrogen) atoms. The molecule has 0 saturated carbocycles. The monoisotopic (exact) mass is 396 g/mol. The van der Waals surface area contributed by atoms with E-state index in [1.165, 1.54) is 0 Å². The van der Waals surface area contributed by atoms with Crippen molar-refractivity contribution in [1.82, 2.24) is 15.1 Å². The number of nitrogens with zero attached hydrogens (tertiary/aromatic N) is 3. The molecule has 8 heteroatoms. The van der Waals surface area contributed by atoms with Crippen molar-refractivity contribution in [2.24, 2.45) is 0 Å². The third-order valence-corrected chi connectivity index (χ3v) is 4.42. The third kappa shape index (κ3) is 6.64. The second-order valence-corrected chi connectivity index (χ2v) is 7.16. The van der Waals surface area contributed by atoms with Crippen LogP contribution in [-0.2, 0) is 17.8 Å². The Morgan fingerprint density at radius 3 is 2.34 bits per heavy atom. The maximum Gasteiger partial charge on any atom is 0.319 e. The molecule has 2 rings (SSSR count). The fraction of sp³-hybridized carbons (Fsp3) is 0.429. The third-order valence-electron chi connectivity index (χ3n) is 4.42. The Bertz CT molecular complexity index is 893. The molecule has 0 fully saturated rings. The molecule has 0 aliphatic heterocycles. The van der Waals surface area contributed by atoms with Gasteiger partial charge in [-0.2, -0.15) is 10.4 Å². The summed E-state index contributed by atoms with van der Waals surface area (Å²) in [5, 5.41) is 21.5. The van der Waals surface area contributed by atoms with Gasteiger partial charge in [-0.25, -0.2) is 4.79 Å². The van der Waals surface area contributed by atoms with Crippen LogP contribution in [0.25, 0.3) is 0 Å². The van der Waals surface area contributed by atoms with E-state index in [4.69, 9.17) is 5.26 Å². The number of aryl methyl sites for hydroxylation is 2. The Morgan fingerprint density at radius 1 is 1.14 bits per heavy atom. The number of urea groups is 1. The predicted molar refractivity (Wildman–Crippen MR) is 113 cm³/mol. The van der Waals surface area contributed by atoms with Crippen LogP contribution in [0.2, 0.25) is 0 Å². The first-order valence-corrected chi connectivity index (χ1v) is 9.67. The number of hydrogen-bond donors (Lipinski definition) is 3. The molecule has 3 N–H and O–H groups in total. The Hall–Kier alpha value is -3.34. The highest BCUT2D eigenvalue weighted by Crippen LogP contribution is 2.17. The molecule has 8 nitrogen and oxygen atoms in total. The van der Waals surface area contributed by atoms with E-state index in [0.717, 1.165) is 17.0 Å². The van der Waals surface area contributed by atoms with E-state index in [2.05, 4.69) is 27.1 Å². The molecular weight excluding hydrogens is 368 g/mol. The summed E-state index contributed by atoms with van der Waals surface area (Å²) < 4.78 is 1.83. The quantitative estimate of drug-likeness (QED) is 0.634. The zero-order valence-corrected chi connectivity index (χ0v) is 17.4. The van der Waals surface area contributed by atoms with Gasteiger partial charge in [0.05, 0.1) is 24.7 Å². The van der Waals surface area contributed by atoms with Crippen molar-refractivity contribution >= 4 is 23.3 Å². The van der Waals surface area contributed by atoms with Crippen molar-refractivity contribution in [3.8, 4) is 6.07 Å². The summed E-state index contributed by atoms with van der Waals surface area (Å²) in [6.07, 6.45) is 1.33. The van der Waals surface area contributed by atoms with Gasteiger partial charge in [0.25, 0.3) is 0 Å². The van der Waals surface area contributed by atoms with Crippen molar-refractivity contribution in [2.45, 2.75) is 59.5 Å². The summed E-state index contributed by atoms with van der Waals surface area (Å²) in [5.74, 6) is -0.0909. The summed E-state index contributed by atoms with van der Waals surface area (Å²) in [7, 11) is 0. The molecule has 0 spiro atoms. The van der Waals surface area contributed by atoms with E-state index >= 15 is 0 Å². The van der Waals surface area contributed by atoms with Gasteiger partial charge in [-0.3, -0.25) is 9.48 Å². The van der Waals surface area contributed by atoms with Crippen molar-refractivity contribution in [3.05, 3.63) is 41.2 Å². The number of carbonyl (C=O) groups excluding carboxylic acids is 2. The molecule has 2 aromatic rings. The van der Waals surface area contributed by atoms with Gasteiger partial charge in [0.2, 0.25) is 5.91 Å². The highest BCUT2D eigenvalue weighted by atomic mass is 16.2. The smallest absolute Gasteiger partial charge is 0.319 e. The Kier molecular flexibility index (Phi) is 7.78. The lowest BCUT2D eigenvalue weighted by atomic mass is 10.1. The first-order valence-electron chi connectivity index (χ1n) is 9.67. The zero-order valence-electron chi connectivity index (χ0n) is 17.4. The van der Waals surface area contributed by atoms with E-state index in [1.54, 1.807) is 24.3 Å². The summed E-state index contributed by atoms with van der Waals surface area (Å²) >= 11 is 0. The number of nitriles is 1. The zero-order chi connectivity index (χ0) is 21.4. The molecule has 0 aliphatic rings. The Labute approximate surface area is 171 Å². The first-order chi connectivity index (χ1) is 13.8. The van der Waals surface area contributed by atoms with Crippen LogP contribution in [0.1, 0.15) is 43.6 Å². The van der Waals surface area contributed by atoms with Gasteiger partial charge in [0.15, 0.2) is 0 Å². The minimum absolute atomic E-state index is 0.0549. The maximum atomic E-state index is 12.3. The van der Waals surface area contributed by atoms with Gasteiger partial charge in [-0.15, -0.1) is 0 Å². The van der Waals surface area contributed by atoms with Crippen LogP contribution in [0.4, 0.5) is 16.2 Å². The van der Waals surface area contributed by atoms with Gasteiger partial charge < -0.3 is 16.0 Å². The van der Waals surface area contributed by atoms with Crippen molar-refractivity contribution in [2.75, 3.05) is 10.6 Å². The van der Waals surface area contributed by atoms with Crippen LogP contribution in [0.3, 0.4) is 0 Å². The maximum absolute atomic E-state index is 12.3. The minimum atomic E-state index is -0.266. The van der Waals surface area contributed by atoms with Gasteiger partial charge in [-0.05, 0) is 63.9 Å². The Morgan fingerprint density at radius 2 is 1.76 bits per heavy atom. The van der Waals surface area contributed by atoms with E-state index in [1.807, 2.05) is 32.4 Å². The number of amides is 3. The van der Waals surface area contributed by atoms with Crippen molar-refractivity contribution < 1.29 is 9.59 Å². The molecule has 0 aliphatic carbocycles. The first kappa shape index (κ1) is 22.0. The van der Waals surface area contributed by atoms with Crippen LogP contribution in [-0.4, -0.2) is 27.8 Å². The average Bonchev–Trinajstić information content (AvgIpc) is 2.92. The fourth-order valence-electron chi connectivity index (χ4n) is 3.00. The van der Waals surface area contributed by atoms with E-state index in [0.29, 0.717) is 37.2 Å². The number of anilines is 2. The van der Waals surface area contributed by atoms with E-state index < -0.39 is 0 Å². The Balaban J connectivity index is 1.88. The number of carbonyl (C=O) groups is 2. The topological polar surface area (TPSA) is 112 Å². The van der Waals surface area contributed by atoms with Gasteiger partial charge in [-0.1, -0.05) is 0 Å². The van der Waals surface area contributed by atoms with Crippen LogP contribution < -0.4 is 16.0 Å². The number of hydrogen-bond acceptors (Lipinski definition) is 4. The normalized spacial score (nSPS) is 10.5. The highest BCUT2D eigenvalue weighted by molar-refractivity contribution is 5.92. The van der Waals surface area contributed by atoms with E-state index in [-0.39, 0.29) is 18.0 Å². The second-order valence-electron chi connectivity index (χ2n) is 7.16. The molecule has 1 heterocycles. The van der Waals surface area contributed by atoms with Crippen molar-refractivity contribution in [1.29, 1.82) is 5.26 Å². The highest BCUT2D eigenvalue weighted by Gasteiger charge is 2.13. The van der Waals surface area contributed by atoms with Crippen LogP contribution in [0.15, 0.2) is 24.3 Å². The molecular formula is C21H28N6O2. The summed E-state index contributed by atoms with van der Waals surface area (Å²) in [5.41, 5.74) is 4.26. The molecule has 0 bridgehead atoms. The lowest BCUT2D eigenvalue weighted by molar-refractivity contribution is -0.116. The number of nitrogens with one attached hydrogen (secondary N) is 3. The van der Waals surface area contributed by atoms with Gasteiger partial charge >= 0.3 is 6.03 Å². The van der Waals surface area contributed by atoms with Crippen LogP contribution in [0, 0.1) is 25.2 Å². The molecule has 1 aromatic heterocycles. The van der Waals surface area contributed by atoms with Crippen LogP contribution >= 0.6 is 0 Å². The lowest BCUT2D eigenvalue weighted by Crippen LogP contribution is -2.34.